The number of carbonyl (C=O) groups excluding carboxylic acids is 1. The van der Waals surface area contributed by atoms with Crippen LogP contribution >= 0.6 is 0 Å². The highest BCUT2D eigenvalue weighted by molar-refractivity contribution is 7.88. The summed E-state index contributed by atoms with van der Waals surface area (Å²) in [5.74, 6) is 0. The third-order valence-electron chi connectivity index (χ3n) is 7.24. The van der Waals surface area contributed by atoms with Gasteiger partial charge in [-0.1, -0.05) is 78.9 Å². The highest BCUT2D eigenvalue weighted by Crippen LogP contribution is 2.36. The summed E-state index contributed by atoms with van der Waals surface area (Å²) in [6.07, 6.45) is 3.15. The Bertz CT molecular complexity index is 1300. The summed E-state index contributed by atoms with van der Waals surface area (Å²) in [4.78, 5) is 15.3. The molecular weight excluding hydrogens is 484 g/mol. The van der Waals surface area contributed by atoms with Crippen molar-refractivity contribution in [3.8, 4) is 11.1 Å². The fourth-order valence-corrected chi connectivity index (χ4v) is 5.56. The molecule has 2 unspecified atom stereocenters. The van der Waals surface area contributed by atoms with Gasteiger partial charge in [0.2, 0.25) is 10.0 Å². The van der Waals surface area contributed by atoms with Crippen molar-refractivity contribution >= 4 is 16.1 Å². The number of nitrogens with one attached hydrogen (secondary N) is 2. The molecule has 3 aromatic carbocycles. The molecule has 8 heteroatoms. The van der Waals surface area contributed by atoms with Gasteiger partial charge < -0.3 is 16.0 Å². The smallest absolute Gasteiger partial charge is 0.318 e. The molecule has 4 N–H and O–H groups in total. The quantitative estimate of drug-likeness (QED) is 0.342. The van der Waals surface area contributed by atoms with Gasteiger partial charge in [-0.3, -0.25) is 0 Å². The van der Waals surface area contributed by atoms with Crippen LogP contribution in [0.5, 0.6) is 0 Å². The van der Waals surface area contributed by atoms with Gasteiger partial charge >= 0.3 is 6.03 Å². The molecule has 2 atom stereocenters. The molecule has 7 nitrogen and oxygen atoms in total. The largest absolute Gasteiger partial charge is 0.328 e. The summed E-state index contributed by atoms with van der Waals surface area (Å²) in [5.41, 5.74) is 10.6. The number of nitrogens with two attached hydrogens (primary N) is 1. The average molecular weight is 521 g/mol. The molecule has 0 saturated carbocycles. The molecule has 0 spiro atoms. The van der Waals surface area contributed by atoms with Gasteiger partial charge in [-0.15, -0.1) is 0 Å². The maximum atomic E-state index is 13.4. The first-order valence-electron chi connectivity index (χ1n) is 12.7. The van der Waals surface area contributed by atoms with E-state index in [4.69, 9.17) is 5.73 Å². The molecule has 1 saturated heterocycles. The second kappa shape index (κ2) is 11.5. The van der Waals surface area contributed by atoms with E-state index >= 15 is 0 Å². The Hall–Kier alpha value is -3.20. The molecule has 0 aliphatic carbocycles. The summed E-state index contributed by atoms with van der Waals surface area (Å²) >= 11 is 0. The van der Waals surface area contributed by atoms with Crippen molar-refractivity contribution in [3.05, 3.63) is 95.6 Å². The van der Waals surface area contributed by atoms with E-state index in [0.717, 1.165) is 40.5 Å². The minimum absolute atomic E-state index is 0.0886. The van der Waals surface area contributed by atoms with Gasteiger partial charge in [0.05, 0.1) is 17.8 Å². The van der Waals surface area contributed by atoms with Crippen LogP contribution in [0.25, 0.3) is 11.1 Å². The maximum absolute atomic E-state index is 13.4. The van der Waals surface area contributed by atoms with Crippen molar-refractivity contribution in [3.63, 3.8) is 0 Å². The number of nitrogens with zero attached hydrogens (tertiary/aromatic N) is 1. The molecule has 1 fully saturated rings. The minimum atomic E-state index is -3.25. The predicted molar refractivity (Wildman–Crippen MR) is 148 cm³/mol. The molecule has 4 rings (SSSR count). The SMILES string of the molecule is CC(c1ccc(-c2ccc(CN)cc2)cc1)N1CCC(CCCNS(C)(=O)=O)(c2ccccc2)NC1=O. The Labute approximate surface area is 220 Å². The summed E-state index contributed by atoms with van der Waals surface area (Å²) in [7, 11) is -3.25. The Kier molecular flexibility index (Phi) is 8.32. The monoisotopic (exact) mass is 520 g/mol. The highest BCUT2D eigenvalue weighted by atomic mass is 32.2. The lowest BCUT2D eigenvalue weighted by molar-refractivity contribution is 0.120. The Morgan fingerprint density at radius 2 is 1.62 bits per heavy atom. The summed E-state index contributed by atoms with van der Waals surface area (Å²) < 4.78 is 25.5. The zero-order chi connectivity index (χ0) is 26.5. The van der Waals surface area contributed by atoms with E-state index in [1.807, 2.05) is 47.4 Å². The van der Waals surface area contributed by atoms with Crippen LogP contribution in [0, 0.1) is 0 Å². The number of sulfonamides is 1. The number of carbonyl (C=O) groups is 1. The van der Waals surface area contributed by atoms with Crippen LogP contribution in [0.15, 0.2) is 78.9 Å². The van der Waals surface area contributed by atoms with Crippen molar-refractivity contribution in [2.45, 2.75) is 44.3 Å². The van der Waals surface area contributed by atoms with Crippen LogP contribution < -0.4 is 15.8 Å². The van der Waals surface area contributed by atoms with Gasteiger partial charge in [0.25, 0.3) is 0 Å². The van der Waals surface area contributed by atoms with Crippen LogP contribution in [0.3, 0.4) is 0 Å². The van der Waals surface area contributed by atoms with Crippen LogP contribution in [0.1, 0.15) is 48.9 Å². The molecule has 1 heterocycles. The van der Waals surface area contributed by atoms with E-state index in [2.05, 4.69) is 53.4 Å². The van der Waals surface area contributed by atoms with Crippen LogP contribution in [0.2, 0.25) is 0 Å². The number of hydrogen-bond donors (Lipinski definition) is 3. The van der Waals surface area contributed by atoms with Gasteiger partial charge in [0.15, 0.2) is 0 Å². The van der Waals surface area contributed by atoms with E-state index in [9.17, 15) is 13.2 Å². The number of hydrogen-bond acceptors (Lipinski definition) is 4. The first kappa shape index (κ1) is 26.9. The molecule has 1 aliphatic rings. The molecular formula is C29H36N4O3S. The fourth-order valence-electron chi connectivity index (χ4n) is 5.04. The molecule has 1 aliphatic heterocycles. The topological polar surface area (TPSA) is 105 Å². The van der Waals surface area contributed by atoms with Gasteiger partial charge in [0.1, 0.15) is 0 Å². The first-order valence-corrected chi connectivity index (χ1v) is 14.6. The lowest BCUT2D eigenvalue weighted by Gasteiger charge is -2.45. The van der Waals surface area contributed by atoms with Gasteiger partial charge in [-0.25, -0.2) is 17.9 Å². The van der Waals surface area contributed by atoms with E-state index in [-0.39, 0.29) is 12.1 Å². The second-order valence-corrected chi connectivity index (χ2v) is 11.6. The van der Waals surface area contributed by atoms with Crippen molar-refractivity contribution < 1.29 is 13.2 Å². The number of rotatable bonds is 10. The average Bonchev–Trinajstić information content (AvgIpc) is 2.91. The molecule has 0 radical (unpaired) electrons. The molecule has 0 aromatic heterocycles. The molecule has 0 bridgehead atoms. The second-order valence-electron chi connectivity index (χ2n) is 9.79. The van der Waals surface area contributed by atoms with Crippen molar-refractivity contribution in [2.75, 3.05) is 19.3 Å². The van der Waals surface area contributed by atoms with E-state index in [1.54, 1.807) is 0 Å². The molecule has 196 valence electrons. The van der Waals surface area contributed by atoms with Gasteiger partial charge in [-0.2, -0.15) is 0 Å². The van der Waals surface area contributed by atoms with Gasteiger partial charge in [-0.05, 0) is 54.0 Å². The fraction of sp³-hybridized carbons (Fsp3) is 0.345. The van der Waals surface area contributed by atoms with Crippen LogP contribution in [0.4, 0.5) is 4.79 Å². The summed E-state index contributed by atoms with van der Waals surface area (Å²) in [6, 6.07) is 26.3. The molecule has 3 aromatic rings. The van der Waals surface area contributed by atoms with E-state index in [0.29, 0.717) is 32.5 Å². The highest BCUT2D eigenvalue weighted by Gasteiger charge is 2.40. The van der Waals surface area contributed by atoms with Gasteiger partial charge in [0, 0.05) is 19.6 Å². The lowest BCUT2D eigenvalue weighted by atomic mass is 9.80. The minimum Gasteiger partial charge on any atom is -0.328 e. The number of benzene rings is 3. The molecule has 2 amide bonds. The number of urea groups is 1. The maximum Gasteiger partial charge on any atom is 0.318 e. The van der Waals surface area contributed by atoms with Crippen molar-refractivity contribution in [1.82, 2.24) is 14.9 Å². The summed E-state index contributed by atoms with van der Waals surface area (Å²) in [5, 5.41) is 3.29. The zero-order valence-corrected chi connectivity index (χ0v) is 22.3. The Morgan fingerprint density at radius 3 is 2.19 bits per heavy atom. The Morgan fingerprint density at radius 1 is 1.00 bits per heavy atom. The first-order chi connectivity index (χ1) is 17.7. The van der Waals surface area contributed by atoms with E-state index in [1.165, 1.54) is 0 Å². The third kappa shape index (κ3) is 6.57. The van der Waals surface area contributed by atoms with E-state index < -0.39 is 15.6 Å². The summed E-state index contributed by atoms with van der Waals surface area (Å²) in [6.45, 7) is 3.52. The Balaban J connectivity index is 1.46. The number of amides is 2. The standard InChI is InChI=1S/C29H36N4O3S/c1-22(24-13-15-26(16-14-24)25-11-9-23(21-30)10-12-25)33-20-18-29(32-28(33)34,27-7-4-3-5-8-27)17-6-19-31-37(2,35)36/h3-5,7-16,22,31H,6,17-21,30H2,1-2H3,(H,32,34). The lowest BCUT2D eigenvalue weighted by Crippen LogP contribution is -2.58. The van der Waals surface area contributed by atoms with Crippen LogP contribution in [-0.2, 0) is 22.1 Å². The zero-order valence-electron chi connectivity index (χ0n) is 21.5. The molecule has 37 heavy (non-hydrogen) atoms. The van der Waals surface area contributed by atoms with Crippen LogP contribution in [-0.4, -0.2) is 38.7 Å². The predicted octanol–water partition coefficient (Wildman–Crippen LogP) is 4.51. The van der Waals surface area contributed by atoms with Crippen molar-refractivity contribution in [1.29, 1.82) is 0 Å². The third-order valence-corrected chi connectivity index (χ3v) is 7.97. The normalized spacial score (nSPS) is 18.9. The van der Waals surface area contributed by atoms with Crippen molar-refractivity contribution in [2.24, 2.45) is 5.73 Å².